The number of thioether (sulfide) groups is 1. The zero-order chi connectivity index (χ0) is 15.1. The zero-order valence-electron chi connectivity index (χ0n) is 13.1. The van der Waals surface area contributed by atoms with Gasteiger partial charge in [0.05, 0.1) is 5.69 Å². The smallest absolute Gasteiger partial charge is 0.0509 e. The van der Waals surface area contributed by atoms with Crippen molar-refractivity contribution in [3.8, 4) is 0 Å². The fraction of sp³-hybridized carbons (Fsp3) is 0.389. The number of nitrogens with one attached hydrogen (secondary N) is 1. The average Bonchev–Trinajstić information content (AvgIpc) is 2.45. The van der Waals surface area contributed by atoms with E-state index in [-0.39, 0.29) is 0 Å². The van der Waals surface area contributed by atoms with Crippen molar-refractivity contribution in [3.05, 3.63) is 59.4 Å². The average molecular weight is 300 g/mol. The van der Waals surface area contributed by atoms with Gasteiger partial charge >= 0.3 is 0 Å². The molecule has 1 aromatic carbocycles. The Bertz CT molecular complexity index is 567. The third-order valence-electron chi connectivity index (χ3n) is 3.11. The van der Waals surface area contributed by atoms with Crippen molar-refractivity contribution < 1.29 is 0 Å². The van der Waals surface area contributed by atoms with Crippen LogP contribution in [0, 0.1) is 12.8 Å². The van der Waals surface area contributed by atoms with Gasteiger partial charge in [0.1, 0.15) is 0 Å². The Labute approximate surface area is 132 Å². The van der Waals surface area contributed by atoms with E-state index in [9.17, 15) is 0 Å². The summed E-state index contributed by atoms with van der Waals surface area (Å²) in [7, 11) is 0. The molecule has 1 aromatic heterocycles. The highest BCUT2D eigenvalue weighted by atomic mass is 32.2. The van der Waals surface area contributed by atoms with Crippen LogP contribution in [-0.4, -0.2) is 11.5 Å². The van der Waals surface area contributed by atoms with Gasteiger partial charge in [-0.2, -0.15) is 0 Å². The molecule has 2 rings (SSSR count). The van der Waals surface area contributed by atoms with Crippen molar-refractivity contribution in [2.75, 3.05) is 6.54 Å². The zero-order valence-corrected chi connectivity index (χ0v) is 13.9. The first-order valence-corrected chi connectivity index (χ1v) is 8.47. The van der Waals surface area contributed by atoms with Crippen LogP contribution in [0.15, 0.2) is 47.4 Å². The first kappa shape index (κ1) is 16.1. The van der Waals surface area contributed by atoms with Gasteiger partial charge in [-0.05, 0) is 49.2 Å². The largest absolute Gasteiger partial charge is 0.312 e. The highest BCUT2D eigenvalue weighted by Crippen LogP contribution is 2.23. The highest BCUT2D eigenvalue weighted by Gasteiger charge is 2.00. The Balaban J connectivity index is 1.88. The van der Waals surface area contributed by atoms with Crippen molar-refractivity contribution in [1.82, 2.24) is 10.3 Å². The van der Waals surface area contributed by atoms with E-state index in [0.29, 0.717) is 5.92 Å². The Hall–Kier alpha value is -1.32. The second-order valence-electron chi connectivity index (χ2n) is 5.73. The lowest BCUT2D eigenvalue weighted by molar-refractivity contribution is 0.552. The number of hydrogen-bond donors (Lipinski definition) is 1. The van der Waals surface area contributed by atoms with Gasteiger partial charge in [0.15, 0.2) is 0 Å². The summed E-state index contributed by atoms with van der Waals surface area (Å²) in [5.41, 5.74) is 3.57. The molecule has 2 aromatic rings. The van der Waals surface area contributed by atoms with Crippen LogP contribution in [0.1, 0.15) is 30.8 Å². The van der Waals surface area contributed by atoms with Gasteiger partial charge < -0.3 is 5.32 Å². The molecule has 0 saturated heterocycles. The molecule has 0 saturated carbocycles. The molecule has 0 fully saturated rings. The minimum Gasteiger partial charge on any atom is -0.312 e. The fourth-order valence-electron chi connectivity index (χ4n) is 2.09. The van der Waals surface area contributed by atoms with Crippen LogP contribution < -0.4 is 5.32 Å². The molecule has 112 valence electrons. The minimum absolute atomic E-state index is 0.690. The van der Waals surface area contributed by atoms with E-state index < -0.39 is 0 Å². The minimum atomic E-state index is 0.690. The van der Waals surface area contributed by atoms with Gasteiger partial charge in [-0.25, -0.2) is 0 Å². The molecule has 0 aliphatic heterocycles. The van der Waals surface area contributed by atoms with E-state index in [4.69, 9.17) is 0 Å². The molecule has 0 aliphatic carbocycles. The van der Waals surface area contributed by atoms with Gasteiger partial charge in [-0.3, -0.25) is 4.98 Å². The number of pyridine rings is 1. The number of benzene rings is 1. The normalized spacial score (nSPS) is 11.0. The molecule has 1 N–H and O–H groups in total. The van der Waals surface area contributed by atoms with Crippen LogP contribution in [0.2, 0.25) is 0 Å². The number of nitrogens with zero attached hydrogens (tertiary/aromatic N) is 1. The molecule has 0 bridgehead atoms. The molecule has 0 unspecified atom stereocenters. The lowest BCUT2D eigenvalue weighted by Gasteiger charge is -2.09. The molecule has 0 radical (unpaired) electrons. The predicted octanol–water partition coefficient (Wildman–Crippen LogP) is 4.43. The van der Waals surface area contributed by atoms with Crippen LogP contribution in [0.3, 0.4) is 0 Å². The van der Waals surface area contributed by atoms with Crippen LogP contribution in [0.25, 0.3) is 0 Å². The molecule has 0 spiro atoms. The molecular formula is C18H24N2S. The second-order valence-corrected chi connectivity index (χ2v) is 6.78. The standard InChI is InChI=1S/C18H24N2S/c1-14(2)11-19-12-16-7-5-9-18(10-16)21-13-17-8-4-6-15(3)20-17/h4-10,14,19H,11-13H2,1-3H3. The summed E-state index contributed by atoms with van der Waals surface area (Å²) in [6.07, 6.45) is 0. The lowest BCUT2D eigenvalue weighted by atomic mass is 10.2. The first-order valence-electron chi connectivity index (χ1n) is 7.48. The maximum absolute atomic E-state index is 4.55. The van der Waals surface area contributed by atoms with E-state index >= 15 is 0 Å². The van der Waals surface area contributed by atoms with Crippen molar-refractivity contribution in [3.63, 3.8) is 0 Å². The molecule has 0 aliphatic rings. The van der Waals surface area contributed by atoms with E-state index in [1.807, 2.05) is 24.8 Å². The van der Waals surface area contributed by atoms with Gasteiger partial charge in [0, 0.05) is 22.9 Å². The molecule has 21 heavy (non-hydrogen) atoms. The van der Waals surface area contributed by atoms with Gasteiger partial charge in [-0.1, -0.05) is 32.0 Å². The van der Waals surface area contributed by atoms with Gasteiger partial charge in [0.25, 0.3) is 0 Å². The molecular weight excluding hydrogens is 276 g/mol. The van der Waals surface area contributed by atoms with Crippen LogP contribution in [0.4, 0.5) is 0 Å². The van der Waals surface area contributed by atoms with Gasteiger partial charge in [-0.15, -0.1) is 11.8 Å². The van der Waals surface area contributed by atoms with Gasteiger partial charge in [0.2, 0.25) is 0 Å². The Kier molecular flexibility index (Phi) is 6.27. The van der Waals surface area contributed by atoms with E-state index in [1.165, 1.54) is 10.5 Å². The van der Waals surface area contributed by atoms with E-state index in [0.717, 1.165) is 30.2 Å². The van der Waals surface area contributed by atoms with Crippen molar-refractivity contribution in [1.29, 1.82) is 0 Å². The predicted molar refractivity (Wildman–Crippen MR) is 91.5 cm³/mol. The van der Waals surface area contributed by atoms with Crippen molar-refractivity contribution in [2.24, 2.45) is 5.92 Å². The quantitative estimate of drug-likeness (QED) is 0.766. The summed E-state index contributed by atoms with van der Waals surface area (Å²) in [5, 5.41) is 3.49. The third-order valence-corrected chi connectivity index (χ3v) is 4.14. The summed E-state index contributed by atoms with van der Waals surface area (Å²) in [6.45, 7) is 8.50. The summed E-state index contributed by atoms with van der Waals surface area (Å²) in [5.74, 6) is 1.61. The monoisotopic (exact) mass is 300 g/mol. The second kappa shape index (κ2) is 8.20. The molecule has 2 nitrogen and oxygen atoms in total. The van der Waals surface area contributed by atoms with Crippen LogP contribution >= 0.6 is 11.8 Å². The number of aryl methyl sites for hydroxylation is 1. The first-order chi connectivity index (χ1) is 10.1. The molecule has 0 amide bonds. The highest BCUT2D eigenvalue weighted by molar-refractivity contribution is 7.98. The Morgan fingerprint density at radius 2 is 1.95 bits per heavy atom. The lowest BCUT2D eigenvalue weighted by Crippen LogP contribution is -2.18. The summed E-state index contributed by atoms with van der Waals surface area (Å²) in [6, 6.07) is 15.0. The van der Waals surface area contributed by atoms with E-state index in [1.54, 1.807) is 0 Å². The Morgan fingerprint density at radius 3 is 2.71 bits per heavy atom. The fourth-order valence-corrected chi connectivity index (χ4v) is 2.97. The third kappa shape index (κ3) is 5.90. The summed E-state index contributed by atoms with van der Waals surface area (Å²) in [4.78, 5) is 5.85. The summed E-state index contributed by atoms with van der Waals surface area (Å²) < 4.78 is 0. The molecule has 0 atom stereocenters. The maximum Gasteiger partial charge on any atom is 0.0509 e. The maximum atomic E-state index is 4.55. The SMILES string of the molecule is Cc1cccc(CSc2cccc(CNCC(C)C)c2)n1. The number of hydrogen-bond acceptors (Lipinski definition) is 3. The van der Waals surface area contributed by atoms with Crippen LogP contribution in [0.5, 0.6) is 0 Å². The topological polar surface area (TPSA) is 24.9 Å². The number of aromatic nitrogens is 1. The Morgan fingerprint density at radius 1 is 1.14 bits per heavy atom. The van der Waals surface area contributed by atoms with Crippen molar-refractivity contribution in [2.45, 2.75) is 38.0 Å². The molecule has 3 heteroatoms. The van der Waals surface area contributed by atoms with Crippen molar-refractivity contribution >= 4 is 11.8 Å². The summed E-state index contributed by atoms with van der Waals surface area (Å²) >= 11 is 1.85. The number of rotatable bonds is 7. The molecule has 1 heterocycles. The van der Waals surface area contributed by atoms with Crippen LogP contribution in [-0.2, 0) is 12.3 Å². The van der Waals surface area contributed by atoms with E-state index in [2.05, 4.69) is 60.5 Å².